The summed E-state index contributed by atoms with van der Waals surface area (Å²) in [7, 11) is 0. The van der Waals surface area contributed by atoms with E-state index in [1.165, 1.54) is 16.5 Å². The molecule has 0 saturated carbocycles. The van der Waals surface area contributed by atoms with Crippen LogP contribution in [0.25, 0.3) is 0 Å². The number of quaternary nitrogens is 1. The van der Waals surface area contributed by atoms with Crippen molar-refractivity contribution in [2.75, 3.05) is 13.2 Å². The molecule has 2 atom stereocenters. The fraction of sp³-hybridized carbons (Fsp3) is 0.429. The van der Waals surface area contributed by atoms with E-state index in [2.05, 4.69) is 32.9 Å². The van der Waals surface area contributed by atoms with Crippen LogP contribution in [0.5, 0.6) is 5.75 Å². The van der Waals surface area contributed by atoms with Crippen LogP contribution in [0.4, 0.5) is 5.69 Å². The molecule has 0 heterocycles. The van der Waals surface area contributed by atoms with Gasteiger partial charge in [-0.05, 0) is 39.8 Å². The molecule has 0 aliphatic heterocycles. The van der Waals surface area contributed by atoms with E-state index in [-0.39, 0.29) is 17.8 Å². The summed E-state index contributed by atoms with van der Waals surface area (Å²) in [4.78, 5) is 11.7. The first kappa shape index (κ1) is 20.9. The van der Waals surface area contributed by atoms with E-state index in [1.54, 1.807) is 19.1 Å². The number of nitro benzene ring substituents is 1. The van der Waals surface area contributed by atoms with E-state index in [4.69, 9.17) is 4.74 Å². The second-order valence-electron chi connectivity index (χ2n) is 7.89. The van der Waals surface area contributed by atoms with Gasteiger partial charge in [0.1, 0.15) is 31.5 Å². The second-order valence-corrected chi connectivity index (χ2v) is 7.89. The van der Waals surface area contributed by atoms with Gasteiger partial charge in [-0.1, -0.05) is 30.3 Å². The first-order valence-corrected chi connectivity index (χ1v) is 9.12. The minimum atomic E-state index is -0.640. The van der Waals surface area contributed by atoms with Gasteiger partial charge in [0.2, 0.25) is 0 Å². The molecular weight excluding hydrogens is 344 g/mol. The molecule has 0 aromatic heterocycles. The van der Waals surface area contributed by atoms with E-state index in [0.717, 1.165) is 6.54 Å². The molecule has 0 aliphatic rings. The molecular formula is C21H29N2O4+. The lowest BCUT2D eigenvalue weighted by Crippen LogP contribution is -3.18. The van der Waals surface area contributed by atoms with E-state index >= 15 is 0 Å². The highest BCUT2D eigenvalue weighted by molar-refractivity contribution is 5.44. The SMILES string of the molecule is Cc1cc(OC[C@H](O)C[NH+](Cc2ccccc2)C(C)(C)C)ccc1[N+](=O)[O-]. The van der Waals surface area contributed by atoms with Crippen molar-refractivity contribution in [1.29, 1.82) is 0 Å². The van der Waals surface area contributed by atoms with Gasteiger partial charge < -0.3 is 14.7 Å². The molecule has 0 spiro atoms. The van der Waals surface area contributed by atoms with Crippen LogP contribution in [0, 0.1) is 17.0 Å². The van der Waals surface area contributed by atoms with Crippen molar-refractivity contribution < 1.29 is 19.7 Å². The van der Waals surface area contributed by atoms with Gasteiger partial charge in [-0.3, -0.25) is 10.1 Å². The summed E-state index contributed by atoms with van der Waals surface area (Å²) in [5.74, 6) is 0.525. The number of nitro groups is 1. The molecule has 0 fully saturated rings. The molecule has 2 aromatic rings. The highest BCUT2D eigenvalue weighted by Crippen LogP contribution is 2.23. The number of aliphatic hydroxyl groups is 1. The molecule has 0 bridgehead atoms. The number of hydrogen-bond donors (Lipinski definition) is 2. The summed E-state index contributed by atoms with van der Waals surface area (Å²) in [5.41, 5.74) is 1.80. The second kappa shape index (κ2) is 8.97. The van der Waals surface area contributed by atoms with E-state index in [1.807, 2.05) is 18.2 Å². The maximum absolute atomic E-state index is 10.9. The van der Waals surface area contributed by atoms with Crippen molar-refractivity contribution in [2.45, 2.75) is 45.9 Å². The van der Waals surface area contributed by atoms with Crippen LogP contribution in [0.1, 0.15) is 31.9 Å². The molecule has 2 aromatic carbocycles. The predicted molar refractivity (Wildman–Crippen MR) is 105 cm³/mol. The van der Waals surface area contributed by atoms with Crippen molar-refractivity contribution in [1.82, 2.24) is 0 Å². The van der Waals surface area contributed by atoms with Crippen LogP contribution >= 0.6 is 0 Å². The van der Waals surface area contributed by atoms with Gasteiger partial charge in [0.05, 0.1) is 10.5 Å². The van der Waals surface area contributed by atoms with Crippen LogP contribution in [0.3, 0.4) is 0 Å². The number of ether oxygens (including phenoxy) is 1. The van der Waals surface area contributed by atoms with Crippen molar-refractivity contribution in [3.63, 3.8) is 0 Å². The molecule has 27 heavy (non-hydrogen) atoms. The van der Waals surface area contributed by atoms with Gasteiger partial charge in [-0.2, -0.15) is 0 Å². The lowest BCUT2D eigenvalue weighted by molar-refractivity contribution is -0.962. The highest BCUT2D eigenvalue weighted by Gasteiger charge is 2.28. The van der Waals surface area contributed by atoms with Crippen molar-refractivity contribution in [2.24, 2.45) is 0 Å². The Bertz CT molecular complexity index is 757. The van der Waals surface area contributed by atoms with Crippen LogP contribution in [0.2, 0.25) is 0 Å². The highest BCUT2D eigenvalue weighted by atomic mass is 16.6. The normalized spacial score (nSPS) is 13.8. The third-order valence-electron chi connectivity index (χ3n) is 4.61. The van der Waals surface area contributed by atoms with Gasteiger partial charge in [-0.15, -0.1) is 0 Å². The first-order valence-electron chi connectivity index (χ1n) is 9.12. The molecule has 6 nitrogen and oxygen atoms in total. The Morgan fingerprint density at radius 3 is 2.41 bits per heavy atom. The minimum Gasteiger partial charge on any atom is -0.491 e. The Morgan fingerprint density at radius 2 is 1.85 bits per heavy atom. The third kappa shape index (κ3) is 6.34. The largest absolute Gasteiger partial charge is 0.491 e. The lowest BCUT2D eigenvalue weighted by atomic mass is 10.0. The van der Waals surface area contributed by atoms with E-state index in [9.17, 15) is 15.2 Å². The maximum Gasteiger partial charge on any atom is 0.272 e. The maximum atomic E-state index is 10.9. The average molecular weight is 373 g/mol. The number of hydrogen-bond acceptors (Lipinski definition) is 4. The Labute approximate surface area is 160 Å². The van der Waals surface area contributed by atoms with Gasteiger partial charge in [0.25, 0.3) is 5.69 Å². The zero-order valence-corrected chi connectivity index (χ0v) is 16.4. The predicted octanol–water partition coefficient (Wildman–Crippen LogP) is 2.53. The minimum absolute atomic E-state index is 0.0270. The number of aryl methyl sites for hydroxylation is 1. The van der Waals surface area contributed by atoms with Crippen LogP contribution in [0.15, 0.2) is 48.5 Å². The quantitative estimate of drug-likeness (QED) is 0.551. The number of nitrogens with one attached hydrogen (secondary N) is 1. The van der Waals surface area contributed by atoms with E-state index in [0.29, 0.717) is 17.9 Å². The molecule has 6 heteroatoms. The molecule has 0 radical (unpaired) electrons. The molecule has 0 saturated heterocycles. The number of nitrogens with zero attached hydrogens (tertiary/aromatic N) is 1. The summed E-state index contributed by atoms with van der Waals surface area (Å²) in [6, 6.07) is 14.8. The summed E-state index contributed by atoms with van der Waals surface area (Å²) >= 11 is 0. The Kier molecular flexibility index (Phi) is 6.93. The molecule has 146 valence electrons. The smallest absolute Gasteiger partial charge is 0.272 e. The topological polar surface area (TPSA) is 77.0 Å². The lowest BCUT2D eigenvalue weighted by Gasteiger charge is -2.34. The van der Waals surface area contributed by atoms with Crippen molar-refractivity contribution >= 4 is 5.69 Å². The first-order chi connectivity index (χ1) is 12.7. The average Bonchev–Trinajstić information content (AvgIpc) is 2.59. The summed E-state index contributed by atoms with van der Waals surface area (Å²) in [6.07, 6.45) is -0.640. The summed E-state index contributed by atoms with van der Waals surface area (Å²) in [6.45, 7) is 9.64. The van der Waals surface area contributed by atoms with Gasteiger partial charge in [0.15, 0.2) is 0 Å². The van der Waals surface area contributed by atoms with Crippen LogP contribution < -0.4 is 9.64 Å². The molecule has 0 aliphatic carbocycles. The zero-order valence-electron chi connectivity index (χ0n) is 16.4. The number of aliphatic hydroxyl groups excluding tert-OH is 1. The van der Waals surface area contributed by atoms with Crippen LogP contribution in [-0.4, -0.2) is 34.8 Å². The molecule has 0 amide bonds. The number of rotatable bonds is 8. The van der Waals surface area contributed by atoms with Gasteiger partial charge in [-0.25, -0.2) is 0 Å². The zero-order chi connectivity index (χ0) is 20.0. The Morgan fingerprint density at radius 1 is 1.19 bits per heavy atom. The molecule has 2 rings (SSSR count). The molecule has 2 N–H and O–H groups in total. The van der Waals surface area contributed by atoms with Crippen molar-refractivity contribution in [3.05, 3.63) is 69.8 Å². The Balaban J connectivity index is 1.96. The monoisotopic (exact) mass is 373 g/mol. The number of benzene rings is 2. The van der Waals surface area contributed by atoms with Crippen molar-refractivity contribution in [3.8, 4) is 5.75 Å². The molecule has 1 unspecified atom stereocenters. The van der Waals surface area contributed by atoms with Gasteiger partial charge >= 0.3 is 0 Å². The summed E-state index contributed by atoms with van der Waals surface area (Å²) in [5, 5.41) is 21.4. The standard InChI is InChI=1S/C21H28N2O4/c1-16-12-19(10-11-20(16)23(25)26)27-15-18(24)14-22(21(2,3)4)13-17-8-6-5-7-9-17/h5-12,18,24H,13-15H2,1-4H3/p+1/t18-/m1/s1. The van der Waals surface area contributed by atoms with E-state index < -0.39 is 11.0 Å². The fourth-order valence-corrected chi connectivity index (χ4v) is 2.94. The summed E-state index contributed by atoms with van der Waals surface area (Å²) < 4.78 is 5.66. The Hall–Kier alpha value is -2.44. The van der Waals surface area contributed by atoms with Crippen LogP contribution in [-0.2, 0) is 6.54 Å². The third-order valence-corrected chi connectivity index (χ3v) is 4.61. The fourth-order valence-electron chi connectivity index (χ4n) is 2.94. The van der Waals surface area contributed by atoms with Gasteiger partial charge in [0, 0.05) is 17.2 Å².